The molecule has 1 heterocycles. The summed E-state index contributed by atoms with van der Waals surface area (Å²) in [6, 6.07) is 22.1. The molecule has 1 saturated heterocycles. The Morgan fingerprint density at radius 3 is 2.41 bits per heavy atom. The number of anilines is 2. The van der Waals surface area contributed by atoms with Crippen molar-refractivity contribution in [3.8, 4) is 11.1 Å². The Morgan fingerprint density at radius 1 is 0.931 bits per heavy atom. The Bertz CT molecular complexity index is 1010. The number of hydrogen-bond donors (Lipinski definition) is 1. The van der Waals surface area contributed by atoms with Crippen molar-refractivity contribution in [1.29, 1.82) is 0 Å². The van der Waals surface area contributed by atoms with Gasteiger partial charge in [-0.05, 0) is 60.4 Å². The zero-order valence-electron chi connectivity index (χ0n) is 16.9. The van der Waals surface area contributed by atoms with Gasteiger partial charge in [-0.15, -0.1) is 0 Å². The number of hydrogen-bond acceptors (Lipinski definition) is 3. The minimum absolute atomic E-state index is 0.0844. The number of benzene rings is 3. The van der Waals surface area contributed by atoms with Gasteiger partial charge in [0.25, 0.3) is 5.91 Å². The Hall–Kier alpha value is -3.11. The molecule has 4 rings (SSSR count). The van der Waals surface area contributed by atoms with Gasteiger partial charge >= 0.3 is 0 Å². The number of nitrogens with zero attached hydrogens (tertiary/aromatic N) is 1. The number of amides is 1. The van der Waals surface area contributed by atoms with Crippen molar-refractivity contribution in [1.82, 2.24) is 0 Å². The average molecular weight is 386 g/mol. The van der Waals surface area contributed by atoms with Crippen LogP contribution in [0.3, 0.4) is 0 Å². The second-order valence-electron chi connectivity index (χ2n) is 7.40. The predicted octanol–water partition coefficient (Wildman–Crippen LogP) is 5.06. The maximum absolute atomic E-state index is 13.0. The molecule has 4 nitrogen and oxygen atoms in total. The van der Waals surface area contributed by atoms with Gasteiger partial charge in [0.1, 0.15) is 0 Å². The highest BCUT2D eigenvalue weighted by molar-refractivity contribution is 6.06. The van der Waals surface area contributed by atoms with E-state index in [1.54, 1.807) is 0 Å². The van der Waals surface area contributed by atoms with E-state index in [1.165, 1.54) is 5.69 Å². The van der Waals surface area contributed by atoms with Gasteiger partial charge in [-0.2, -0.15) is 0 Å². The number of carbonyl (C=O) groups is 1. The van der Waals surface area contributed by atoms with E-state index in [0.717, 1.165) is 54.2 Å². The fourth-order valence-electron chi connectivity index (χ4n) is 3.90. The minimum atomic E-state index is -0.0844. The number of nitrogens with one attached hydrogen (secondary N) is 1. The molecule has 0 aromatic heterocycles. The number of morpholine rings is 1. The van der Waals surface area contributed by atoms with E-state index in [9.17, 15) is 4.79 Å². The van der Waals surface area contributed by atoms with Crippen LogP contribution in [-0.4, -0.2) is 32.2 Å². The molecule has 0 saturated carbocycles. The van der Waals surface area contributed by atoms with E-state index in [2.05, 4.69) is 41.4 Å². The predicted molar refractivity (Wildman–Crippen MR) is 119 cm³/mol. The highest BCUT2D eigenvalue weighted by atomic mass is 16.5. The second kappa shape index (κ2) is 8.50. The van der Waals surface area contributed by atoms with Crippen LogP contribution in [0.25, 0.3) is 11.1 Å². The molecule has 0 unspecified atom stereocenters. The van der Waals surface area contributed by atoms with E-state index in [4.69, 9.17) is 4.74 Å². The summed E-state index contributed by atoms with van der Waals surface area (Å²) >= 11 is 0. The van der Waals surface area contributed by atoms with Crippen LogP contribution in [0.15, 0.2) is 66.7 Å². The normalized spacial score (nSPS) is 13.9. The van der Waals surface area contributed by atoms with Crippen molar-refractivity contribution >= 4 is 17.3 Å². The highest BCUT2D eigenvalue weighted by Gasteiger charge is 2.16. The van der Waals surface area contributed by atoms with Gasteiger partial charge in [0.2, 0.25) is 0 Å². The van der Waals surface area contributed by atoms with Crippen LogP contribution in [0.2, 0.25) is 0 Å². The molecule has 3 aromatic carbocycles. The standard InChI is InChI=1S/C25H26N2O2/c1-18-17-21(11-12-24(18)27-13-15-29-16-14-27)26-25(28)23-10-6-9-22(19(23)2)20-7-4-3-5-8-20/h3-12,17H,13-16H2,1-2H3,(H,26,28). The first-order valence-corrected chi connectivity index (χ1v) is 10.0. The van der Waals surface area contributed by atoms with Gasteiger partial charge in [0, 0.05) is 30.0 Å². The Morgan fingerprint density at radius 2 is 1.69 bits per heavy atom. The Balaban J connectivity index is 1.55. The van der Waals surface area contributed by atoms with Crippen LogP contribution in [0.1, 0.15) is 21.5 Å². The summed E-state index contributed by atoms with van der Waals surface area (Å²) in [6.07, 6.45) is 0. The zero-order chi connectivity index (χ0) is 20.2. The van der Waals surface area contributed by atoms with E-state index in [-0.39, 0.29) is 5.91 Å². The topological polar surface area (TPSA) is 41.6 Å². The summed E-state index contributed by atoms with van der Waals surface area (Å²) in [4.78, 5) is 15.3. The van der Waals surface area contributed by atoms with Crippen LogP contribution in [0, 0.1) is 13.8 Å². The summed E-state index contributed by atoms with van der Waals surface area (Å²) in [5.74, 6) is -0.0844. The molecule has 29 heavy (non-hydrogen) atoms. The van der Waals surface area contributed by atoms with Crippen LogP contribution in [0.5, 0.6) is 0 Å². The van der Waals surface area contributed by atoms with E-state index in [1.807, 2.05) is 49.4 Å². The molecular formula is C25H26N2O2. The number of aryl methyl sites for hydroxylation is 1. The van der Waals surface area contributed by atoms with E-state index >= 15 is 0 Å². The molecular weight excluding hydrogens is 360 g/mol. The SMILES string of the molecule is Cc1cc(NC(=O)c2cccc(-c3ccccc3)c2C)ccc1N1CCOCC1. The lowest BCUT2D eigenvalue weighted by atomic mass is 9.96. The lowest BCUT2D eigenvalue weighted by molar-refractivity contribution is 0.102. The van der Waals surface area contributed by atoms with Crippen LogP contribution < -0.4 is 10.2 Å². The van der Waals surface area contributed by atoms with Crippen LogP contribution in [-0.2, 0) is 4.74 Å². The first kappa shape index (κ1) is 19.2. The zero-order valence-corrected chi connectivity index (χ0v) is 16.9. The van der Waals surface area contributed by atoms with Crippen molar-refractivity contribution in [2.24, 2.45) is 0 Å². The van der Waals surface area contributed by atoms with Gasteiger partial charge < -0.3 is 15.0 Å². The molecule has 0 aliphatic carbocycles. The third kappa shape index (κ3) is 4.17. The Kier molecular flexibility index (Phi) is 5.63. The molecule has 1 aliphatic heterocycles. The van der Waals surface area contributed by atoms with Crippen molar-refractivity contribution < 1.29 is 9.53 Å². The van der Waals surface area contributed by atoms with Crippen molar-refractivity contribution in [3.05, 3.63) is 83.4 Å². The first-order valence-electron chi connectivity index (χ1n) is 10.0. The van der Waals surface area contributed by atoms with Gasteiger partial charge in [-0.3, -0.25) is 4.79 Å². The summed E-state index contributed by atoms with van der Waals surface area (Å²) < 4.78 is 5.44. The van der Waals surface area contributed by atoms with Gasteiger partial charge in [0.05, 0.1) is 13.2 Å². The smallest absolute Gasteiger partial charge is 0.255 e. The summed E-state index contributed by atoms with van der Waals surface area (Å²) in [6.45, 7) is 7.41. The molecule has 1 aliphatic rings. The lowest BCUT2D eigenvalue weighted by Crippen LogP contribution is -2.36. The van der Waals surface area contributed by atoms with Gasteiger partial charge in [0.15, 0.2) is 0 Å². The molecule has 3 aromatic rings. The van der Waals surface area contributed by atoms with Crippen LogP contribution >= 0.6 is 0 Å². The molecule has 1 amide bonds. The number of rotatable bonds is 4. The third-order valence-corrected chi connectivity index (χ3v) is 5.47. The van der Waals surface area contributed by atoms with Crippen molar-refractivity contribution in [3.63, 3.8) is 0 Å². The van der Waals surface area contributed by atoms with E-state index in [0.29, 0.717) is 5.56 Å². The molecule has 0 atom stereocenters. The molecule has 4 heteroatoms. The molecule has 0 bridgehead atoms. The second-order valence-corrected chi connectivity index (χ2v) is 7.40. The number of ether oxygens (including phenoxy) is 1. The van der Waals surface area contributed by atoms with Crippen molar-refractivity contribution in [2.75, 3.05) is 36.5 Å². The molecule has 0 radical (unpaired) electrons. The lowest BCUT2D eigenvalue weighted by Gasteiger charge is -2.30. The van der Waals surface area contributed by atoms with Crippen molar-refractivity contribution in [2.45, 2.75) is 13.8 Å². The summed E-state index contributed by atoms with van der Waals surface area (Å²) in [5.41, 5.74) is 7.05. The van der Waals surface area contributed by atoms with Gasteiger partial charge in [-0.25, -0.2) is 0 Å². The Labute approximate surface area is 172 Å². The van der Waals surface area contributed by atoms with Crippen LogP contribution in [0.4, 0.5) is 11.4 Å². The third-order valence-electron chi connectivity index (χ3n) is 5.47. The van der Waals surface area contributed by atoms with Gasteiger partial charge in [-0.1, -0.05) is 42.5 Å². The monoisotopic (exact) mass is 386 g/mol. The quantitative estimate of drug-likeness (QED) is 0.681. The average Bonchev–Trinajstić information content (AvgIpc) is 2.75. The number of carbonyl (C=O) groups excluding carboxylic acids is 1. The summed E-state index contributed by atoms with van der Waals surface area (Å²) in [7, 11) is 0. The van der Waals surface area contributed by atoms with E-state index < -0.39 is 0 Å². The molecule has 0 spiro atoms. The highest BCUT2D eigenvalue weighted by Crippen LogP contribution is 2.27. The maximum atomic E-state index is 13.0. The first-order chi connectivity index (χ1) is 14.1. The molecule has 1 N–H and O–H groups in total. The fraction of sp³-hybridized carbons (Fsp3) is 0.240. The summed E-state index contributed by atoms with van der Waals surface area (Å²) in [5, 5.41) is 3.07. The largest absolute Gasteiger partial charge is 0.378 e. The fourth-order valence-corrected chi connectivity index (χ4v) is 3.90. The molecule has 148 valence electrons. The molecule has 1 fully saturated rings. The maximum Gasteiger partial charge on any atom is 0.255 e. The minimum Gasteiger partial charge on any atom is -0.378 e.